The molecule has 2 aromatic heterocycles. The van der Waals surface area contributed by atoms with Gasteiger partial charge in [-0.15, -0.1) is 0 Å². The molecule has 1 atom stereocenters. The number of furan rings is 1. The first-order chi connectivity index (χ1) is 14.8. The topological polar surface area (TPSA) is 71.5 Å². The third-order valence-corrected chi connectivity index (χ3v) is 5.68. The summed E-state index contributed by atoms with van der Waals surface area (Å²) in [5, 5.41) is 8.05. The molecule has 1 N–H and O–H groups in total. The van der Waals surface area contributed by atoms with Crippen molar-refractivity contribution in [2.24, 2.45) is 0 Å². The fourth-order valence-corrected chi connectivity index (χ4v) is 4.12. The zero-order chi connectivity index (χ0) is 20.3. The lowest BCUT2D eigenvalue weighted by Crippen LogP contribution is -2.36. The Labute approximate surface area is 174 Å². The molecule has 5 rings (SSSR count). The van der Waals surface area contributed by atoms with Gasteiger partial charge in [-0.2, -0.15) is 0 Å². The first kappa shape index (κ1) is 18.6. The number of aromatic nitrogens is 1. The van der Waals surface area contributed by atoms with Crippen molar-refractivity contribution in [1.82, 2.24) is 15.4 Å². The van der Waals surface area contributed by atoms with Gasteiger partial charge in [0.1, 0.15) is 11.3 Å². The van der Waals surface area contributed by atoms with Crippen LogP contribution in [0, 0.1) is 0 Å². The Kier molecular flexibility index (Phi) is 5.07. The molecule has 2 aromatic carbocycles. The van der Waals surface area contributed by atoms with E-state index in [2.05, 4.69) is 15.4 Å². The molecule has 0 bridgehead atoms. The number of hydrogen-bond acceptors (Lipinski definition) is 5. The lowest BCUT2D eigenvalue weighted by atomic mass is 10.1. The number of nitrogens with zero attached hydrogens (tertiary/aromatic N) is 2. The molecule has 3 heterocycles. The van der Waals surface area contributed by atoms with Crippen LogP contribution in [0.5, 0.6) is 0 Å². The zero-order valence-electron chi connectivity index (χ0n) is 16.6. The molecular formula is C24H23N3O3. The number of fused-ring (bicyclic) bond motifs is 1. The predicted molar refractivity (Wildman–Crippen MR) is 114 cm³/mol. The normalized spacial score (nSPS) is 15.5. The summed E-state index contributed by atoms with van der Waals surface area (Å²) in [5.74, 6) is 1.44. The quantitative estimate of drug-likeness (QED) is 0.509. The second kappa shape index (κ2) is 8.16. The number of benzene rings is 2. The third kappa shape index (κ3) is 3.62. The van der Waals surface area contributed by atoms with E-state index in [1.165, 1.54) is 12.8 Å². The van der Waals surface area contributed by atoms with Crippen molar-refractivity contribution in [3.05, 3.63) is 78.3 Å². The summed E-state index contributed by atoms with van der Waals surface area (Å²) in [6, 6.07) is 19.2. The Morgan fingerprint density at radius 1 is 1.07 bits per heavy atom. The lowest BCUT2D eigenvalue weighted by molar-refractivity contribution is 0.0934. The van der Waals surface area contributed by atoms with Crippen LogP contribution in [0.1, 0.15) is 35.0 Å². The molecule has 6 nitrogen and oxygen atoms in total. The van der Waals surface area contributed by atoms with E-state index in [9.17, 15) is 4.79 Å². The minimum Gasteiger partial charge on any atom is -0.468 e. The molecule has 1 saturated heterocycles. The number of amides is 1. The van der Waals surface area contributed by atoms with Crippen molar-refractivity contribution < 1.29 is 13.7 Å². The van der Waals surface area contributed by atoms with Crippen molar-refractivity contribution in [2.45, 2.75) is 18.9 Å². The van der Waals surface area contributed by atoms with E-state index in [1.54, 1.807) is 12.3 Å². The van der Waals surface area contributed by atoms with Gasteiger partial charge < -0.3 is 14.3 Å². The summed E-state index contributed by atoms with van der Waals surface area (Å²) in [7, 11) is 0. The first-order valence-electron chi connectivity index (χ1n) is 10.3. The highest BCUT2D eigenvalue weighted by molar-refractivity contribution is 6.01. The Balaban J connectivity index is 1.36. The molecule has 1 aliphatic rings. The van der Waals surface area contributed by atoms with Gasteiger partial charge in [0.25, 0.3) is 5.91 Å². The second-order valence-corrected chi connectivity index (χ2v) is 7.59. The summed E-state index contributed by atoms with van der Waals surface area (Å²) in [6.07, 6.45) is 4.04. The van der Waals surface area contributed by atoms with Gasteiger partial charge >= 0.3 is 0 Å². The van der Waals surface area contributed by atoms with Gasteiger partial charge in [-0.25, -0.2) is 0 Å². The Hall–Kier alpha value is -3.38. The molecule has 152 valence electrons. The number of likely N-dealkylation sites (tertiary alicyclic amines) is 1. The van der Waals surface area contributed by atoms with Crippen molar-refractivity contribution in [3.63, 3.8) is 0 Å². The maximum Gasteiger partial charge on any atom is 0.251 e. The Morgan fingerprint density at radius 3 is 2.67 bits per heavy atom. The molecule has 0 radical (unpaired) electrons. The molecule has 4 aromatic rings. The monoisotopic (exact) mass is 401 g/mol. The van der Waals surface area contributed by atoms with E-state index in [0.29, 0.717) is 17.9 Å². The van der Waals surface area contributed by atoms with Gasteiger partial charge in [0.05, 0.1) is 17.7 Å². The molecule has 0 unspecified atom stereocenters. The smallest absolute Gasteiger partial charge is 0.251 e. The SMILES string of the molecule is O=C(NC[C@H](c1ccco1)N1CCCC1)c1ccc2noc(-c3ccccc3)c2c1. The number of carbonyl (C=O) groups is 1. The molecular weight excluding hydrogens is 378 g/mol. The van der Waals surface area contributed by atoms with Crippen LogP contribution in [0.4, 0.5) is 0 Å². The first-order valence-corrected chi connectivity index (χ1v) is 10.3. The van der Waals surface area contributed by atoms with Gasteiger partial charge in [0.15, 0.2) is 5.76 Å². The summed E-state index contributed by atoms with van der Waals surface area (Å²) in [4.78, 5) is 15.3. The van der Waals surface area contributed by atoms with Crippen LogP contribution in [0.2, 0.25) is 0 Å². The minimum atomic E-state index is -0.118. The highest BCUT2D eigenvalue weighted by Crippen LogP contribution is 2.29. The van der Waals surface area contributed by atoms with E-state index in [4.69, 9.17) is 8.94 Å². The molecule has 1 fully saturated rings. The summed E-state index contributed by atoms with van der Waals surface area (Å²) in [5.41, 5.74) is 2.25. The van der Waals surface area contributed by atoms with E-state index in [0.717, 1.165) is 35.3 Å². The fraction of sp³-hybridized carbons (Fsp3) is 0.250. The highest BCUT2D eigenvalue weighted by atomic mass is 16.5. The molecule has 1 amide bonds. The Morgan fingerprint density at radius 2 is 1.90 bits per heavy atom. The van der Waals surface area contributed by atoms with Crippen molar-refractivity contribution in [3.8, 4) is 11.3 Å². The van der Waals surface area contributed by atoms with Crippen LogP contribution in [0.15, 0.2) is 75.9 Å². The van der Waals surface area contributed by atoms with Crippen LogP contribution in [0.3, 0.4) is 0 Å². The van der Waals surface area contributed by atoms with E-state index in [1.807, 2.05) is 54.6 Å². The van der Waals surface area contributed by atoms with Gasteiger partial charge in [0, 0.05) is 17.7 Å². The average molecular weight is 401 g/mol. The van der Waals surface area contributed by atoms with Gasteiger partial charge in [-0.3, -0.25) is 9.69 Å². The summed E-state index contributed by atoms with van der Waals surface area (Å²) in [6.45, 7) is 2.54. The third-order valence-electron chi connectivity index (χ3n) is 5.68. The van der Waals surface area contributed by atoms with Gasteiger partial charge in [-0.1, -0.05) is 35.5 Å². The lowest BCUT2D eigenvalue weighted by Gasteiger charge is -2.26. The van der Waals surface area contributed by atoms with E-state index in [-0.39, 0.29) is 11.9 Å². The maximum atomic E-state index is 12.9. The number of rotatable bonds is 6. The predicted octanol–water partition coefficient (Wildman–Crippen LogP) is 4.65. The molecule has 6 heteroatoms. The van der Waals surface area contributed by atoms with E-state index >= 15 is 0 Å². The van der Waals surface area contributed by atoms with Crippen LogP contribution >= 0.6 is 0 Å². The van der Waals surface area contributed by atoms with Crippen LogP contribution < -0.4 is 5.32 Å². The van der Waals surface area contributed by atoms with Crippen LogP contribution in [0.25, 0.3) is 22.2 Å². The molecule has 0 aliphatic carbocycles. The van der Waals surface area contributed by atoms with Gasteiger partial charge in [0.2, 0.25) is 0 Å². The largest absolute Gasteiger partial charge is 0.468 e. The fourth-order valence-electron chi connectivity index (χ4n) is 4.12. The van der Waals surface area contributed by atoms with Crippen molar-refractivity contribution in [1.29, 1.82) is 0 Å². The average Bonchev–Trinajstić information content (AvgIpc) is 3.56. The minimum absolute atomic E-state index is 0.0469. The number of carbonyl (C=O) groups excluding carboxylic acids is 1. The maximum absolute atomic E-state index is 12.9. The van der Waals surface area contributed by atoms with Crippen molar-refractivity contribution in [2.75, 3.05) is 19.6 Å². The number of nitrogens with one attached hydrogen (secondary N) is 1. The molecule has 1 aliphatic heterocycles. The van der Waals surface area contributed by atoms with Crippen molar-refractivity contribution >= 4 is 16.8 Å². The number of hydrogen-bond donors (Lipinski definition) is 1. The summed E-state index contributed by atoms with van der Waals surface area (Å²) < 4.78 is 11.2. The molecule has 0 spiro atoms. The highest BCUT2D eigenvalue weighted by Gasteiger charge is 2.26. The molecule has 30 heavy (non-hydrogen) atoms. The Bertz CT molecular complexity index is 1130. The zero-order valence-corrected chi connectivity index (χ0v) is 16.6. The summed E-state index contributed by atoms with van der Waals surface area (Å²) >= 11 is 0. The van der Waals surface area contributed by atoms with Crippen LogP contribution in [-0.4, -0.2) is 35.6 Å². The second-order valence-electron chi connectivity index (χ2n) is 7.59. The van der Waals surface area contributed by atoms with Crippen LogP contribution in [-0.2, 0) is 0 Å². The van der Waals surface area contributed by atoms with E-state index < -0.39 is 0 Å². The molecule has 0 saturated carbocycles. The standard InChI is InChI=1S/C24H23N3O3/c28-24(25-16-21(22-9-6-14-29-22)27-12-4-5-13-27)18-10-11-20-19(15-18)23(30-26-20)17-7-2-1-3-8-17/h1-3,6-11,14-15,21H,4-5,12-13,16H2,(H,25,28)/t21-/m1/s1. The van der Waals surface area contributed by atoms with Gasteiger partial charge in [-0.05, 0) is 56.3 Å².